The lowest BCUT2D eigenvalue weighted by Gasteiger charge is -2.03. The molecule has 0 saturated heterocycles. The monoisotopic (exact) mass is 230 g/mol. The smallest absolute Gasteiger partial charge is 0.333 e. The summed E-state index contributed by atoms with van der Waals surface area (Å²) in [6.45, 7) is 5.32. The lowest BCUT2D eigenvalue weighted by atomic mass is 10.2. The van der Waals surface area contributed by atoms with E-state index >= 15 is 0 Å². The number of ether oxygens (including phenoxy) is 1. The SMILES string of the molecule is C=C(C)C(=O)OCCCCC(=O)CP=O. The first-order valence-corrected chi connectivity index (χ1v) is 5.71. The molecule has 0 aromatic heterocycles. The van der Waals surface area contributed by atoms with Crippen molar-refractivity contribution in [2.24, 2.45) is 0 Å². The number of ketones is 1. The third kappa shape index (κ3) is 8.01. The van der Waals surface area contributed by atoms with Crippen molar-refractivity contribution in [1.29, 1.82) is 0 Å². The van der Waals surface area contributed by atoms with Crippen LogP contribution in [0.1, 0.15) is 26.2 Å². The van der Waals surface area contributed by atoms with Crippen LogP contribution in [0.4, 0.5) is 0 Å². The molecule has 0 aromatic carbocycles. The maximum Gasteiger partial charge on any atom is 0.333 e. The number of unbranched alkanes of at least 4 members (excludes halogenated alkanes) is 1. The number of hydrogen-bond donors (Lipinski definition) is 0. The van der Waals surface area contributed by atoms with Gasteiger partial charge >= 0.3 is 5.97 Å². The summed E-state index contributed by atoms with van der Waals surface area (Å²) in [5.41, 5.74) is 0.372. The van der Waals surface area contributed by atoms with Crippen LogP contribution >= 0.6 is 8.46 Å². The largest absolute Gasteiger partial charge is 0.462 e. The summed E-state index contributed by atoms with van der Waals surface area (Å²) in [6, 6.07) is 0. The van der Waals surface area contributed by atoms with Gasteiger partial charge in [-0.1, -0.05) is 6.58 Å². The minimum atomic E-state index is -0.403. The maximum atomic E-state index is 10.9. The molecule has 5 heteroatoms. The van der Waals surface area contributed by atoms with Crippen LogP contribution in [0.5, 0.6) is 0 Å². The molecule has 0 radical (unpaired) electrons. The molecular weight excluding hydrogens is 215 g/mol. The number of carbonyl (C=O) groups is 2. The van der Waals surface area contributed by atoms with Crippen molar-refractivity contribution < 1.29 is 18.9 Å². The molecule has 0 aliphatic rings. The minimum absolute atomic E-state index is 0.0297. The quantitative estimate of drug-likeness (QED) is 0.277. The molecule has 0 rings (SSSR count). The van der Waals surface area contributed by atoms with E-state index in [4.69, 9.17) is 4.74 Å². The Morgan fingerprint density at radius 2 is 2.00 bits per heavy atom. The molecule has 0 unspecified atom stereocenters. The highest BCUT2D eigenvalue weighted by Crippen LogP contribution is 2.02. The Labute approximate surface area is 90.9 Å². The molecular formula is C10H15O4P. The molecule has 4 nitrogen and oxygen atoms in total. The molecule has 0 amide bonds. The number of Topliss-reactive ketones (excluding diaryl/α,β-unsaturated/α-hetero) is 1. The Hall–Kier alpha value is -1.02. The normalized spacial score (nSPS) is 9.93. The molecule has 0 aromatic rings. The predicted octanol–water partition coefficient (Wildman–Crippen LogP) is 2.14. The molecule has 0 aliphatic heterocycles. The first-order valence-electron chi connectivity index (χ1n) is 4.71. The summed E-state index contributed by atoms with van der Waals surface area (Å²) < 4.78 is 14.9. The van der Waals surface area contributed by atoms with Gasteiger partial charge in [0.2, 0.25) is 0 Å². The third-order valence-corrected chi connectivity index (χ3v) is 2.15. The summed E-state index contributed by atoms with van der Waals surface area (Å²) in [5.74, 6) is -0.433. The highest BCUT2D eigenvalue weighted by molar-refractivity contribution is 7.25. The van der Waals surface area contributed by atoms with E-state index in [0.717, 1.165) is 0 Å². The molecule has 0 saturated carbocycles. The Kier molecular flexibility index (Phi) is 7.74. The fourth-order valence-electron chi connectivity index (χ4n) is 0.863. The lowest BCUT2D eigenvalue weighted by Crippen LogP contribution is -2.07. The zero-order valence-corrected chi connectivity index (χ0v) is 9.72. The maximum absolute atomic E-state index is 10.9. The second-order valence-electron chi connectivity index (χ2n) is 3.20. The summed E-state index contributed by atoms with van der Waals surface area (Å²) >= 11 is 0. The standard InChI is InChI=1S/C10H15O4P/c1-8(2)10(12)14-6-4-3-5-9(11)7-15-13/h1,3-7H2,2H3. The van der Waals surface area contributed by atoms with Crippen LogP contribution in [0.25, 0.3) is 0 Å². The third-order valence-electron chi connectivity index (χ3n) is 1.67. The van der Waals surface area contributed by atoms with Gasteiger partial charge in [0.15, 0.2) is 8.46 Å². The Bertz CT molecular complexity index is 260. The molecule has 0 heterocycles. The minimum Gasteiger partial charge on any atom is -0.462 e. The van der Waals surface area contributed by atoms with Gasteiger partial charge in [0.1, 0.15) is 5.78 Å². The van der Waals surface area contributed by atoms with Gasteiger partial charge in [-0.3, -0.25) is 9.36 Å². The van der Waals surface area contributed by atoms with E-state index in [2.05, 4.69) is 6.58 Å². The number of hydrogen-bond acceptors (Lipinski definition) is 4. The number of carbonyl (C=O) groups excluding carboxylic acids is 2. The van der Waals surface area contributed by atoms with Crippen LogP contribution < -0.4 is 0 Å². The topological polar surface area (TPSA) is 60.4 Å². The van der Waals surface area contributed by atoms with Gasteiger partial charge in [0.25, 0.3) is 0 Å². The van der Waals surface area contributed by atoms with Crippen LogP contribution in [0, 0.1) is 0 Å². The van der Waals surface area contributed by atoms with Gasteiger partial charge < -0.3 is 4.74 Å². The van der Waals surface area contributed by atoms with Gasteiger partial charge in [-0.2, -0.15) is 0 Å². The van der Waals surface area contributed by atoms with Crippen LogP contribution in [0.15, 0.2) is 12.2 Å². The van der Waals surface area contributed by atoms with Crippen molar-refractivity contribution in [2.45, 2.75) is 26.2 Å². The van der Waals surface area contributed by atoms with Gasteiger partial charge in [0.05, 0.1) is 12.8 Å². The van der Waals surface area contributed by atoms with Crippen LogP contribution in [0.2, 0.25) is 0 Å². The molecule has 0 spiro atoms. The predicted molar refractivity (Wildman–Crippen MR) is 57.1 cm³/mol. The molecule has 84 valence electrons. The van der Waals surface area contributed by atoms with Crippen molar-refractivity contribution in [1.82, 2.24) is 0 Å². The van der Waals surface area contributed by atoms with Crippen molar-refractivity contribution in [3.63, 3.8) is 0 Å². The summed E-state index contributed by atoms with van der Waals surface area (Å²) in [7, 11) is -0.134. The van der Waals surface area contributed by atoms with E-state index < -0.39 is 5.97 Å². The highest BCUT2D eigenvalue weighted by Gasteiger charge is 2.03. The number of esters is 1. The number of rotatable bonds is 8. The summed E-state index contributed by atoms with van der Waals surface area (Å²) in [6.07, 6.45) is 1.75. The zero-order valence-electron chi connectivity index (χ0n) is 8.82. The van der Waals surface area contributed by atoms with Crippen LogP contribution in [-0.2, 0) is 18.9 Å². The molecule has 0 aliphatic carbocycles. The average molecular weight is 230 g/mol. The Morgan fingerprint density at radius 3 is 2.53 bits per heavy atom. The molecule has 0 bridgehead atoms. The summed E-state index contributed by atoms with van der Waals surface area (Å²) in [5, 5.41) is 0. The van der Waals surface area contributed by atoms with Crippen molar-refractivity contribution in [3.8, 4) is 0 Å². The van der Waals surface area contributed by atoms with E-state index in [9.17, 15) is 14.2 Å². The first kappa shape index (κ1) is 14.0. The average Bonchev–Trinajstić information content (AvgIpc) is 2.17. The summed E-state index contributed by atoms with van der Waals surface area (Å²) in [4.78, 5) is 21.8. The molecule has 15 heavy (non-hydrogen) atoms. The van der Waals surface area contributed by atoms with Crippen LogP contribution in [0.3, 0.4) is 0 Å². The van der Waals surface area contributed by atoms with Crippen molar-refractivity contribution in [2.75, 3.05) is 12.8 Å². The van der Waals surface area contributed by atoms with E-state index in [1.54, 1.807) is 6.92 Å². The van der Waals surface area contributed by atoms with E-state index in [1.807, 2.05) is 0 Å². The van der Waals surface area contributed by atoms with Gasteiger partial charge in [0, 0.05) is 12.0 Å². The van der Waals surface area contributed by atoms with E-state index in [0.29, 0.717) is 31.4 Å². The van der Waals surface area contributed by atoms with Gasteiger partial charge in [-0.05, 0) is 19.8 Å². The van der Waals surface area contributed by atoms with Crippen LogP contribution in [-0.4, -0.2) is 24.5 Å². The molecule has 0 N–H and O–H groups in total. The Morgan fingerprint density at radius 1 is 1.33 bits per heavy atom. The van der Waals surface area contributed by atoms with Crippen molar-refractivity contribution in [3.05, 3.63) is 12.2 Å². The van der Waals surface area contributed by atoms with Gasteiger partial charge in [-0.25, -0.2) is 4.79 Å². The van der Waals surface area contributed by atoms with Crippen molar-refractivity contribution >= 4 is 20.2 Å². The molecule has 0 atom stereocenters. The second kappa shape index (κ2) is 8.30. The lowest BCUT2D eigenvalue weighted by molar-refractivity contribution is -0.139. The fourth-order valence-corrected chi connectivity index (χ4v) is 1.17. The van der Waals surface area contributed by atoms with E-state index in [-0.39, 0.29) is 20.4 Å². The van der Waals surface area contributed by atoms with Gasteiger partial charge in [-0.15, -0.1) is 0 Å². The second-order valence-corrected chi connectivity index (χ2v) is 3.77. The zero-order chi connectivity index (χ0) is 11.7. The Balaban J connectivity index is 3.39. The fraction of sp³-hybridized carbons (Fsp3) is 0.600. The van der Waals surface area contributed by atoms with E-state index in [1.165, 1.54) is 0 Å². The highest BCUT2D eigenvalue weighted by atomic mass is 31.1. The molecule has 0 fully saturated rings. The first-order chi connectivity index (χ1) is 7.07.